The van der Waals surface area contributed by atoms with Gasteiger partial charge in [-0.3, -0.25) is 9.48 Å². The normalized spacial score (nSPS) is 27.8. The van der Waals surface area contributed by atoms with Gasteiger partial charge in [0.2, 0.25) is 0 Å². The standard InChI is InChI=1S/C15H24N4O.ClH/c1-2-4-11-9-14(11)17-15(20)13-6-8-19(18-13)12-5-3-7-16-10-12;/h6,8,11-12,14,16H,2-5,7,9-10H2,1H3,(H,17,20);1H. The first kappa shape index (κ1) is 16.3. The van der Waals surface area contributed by atoms with Crippen LogP contribution in [0.1, 0.15) is 55.6 Å². The van der Waals surface area contributed by atoms with Gasteiger partial charge < -0.3 is 10.6 Å². The molecule has 1 amide bonds. The van der Waals surface area contributed by atoms with E-state index in [9.17, 15) is 4.79 Å². The van der Waals surface area contributed by atoms with Crippen molar-refractivity contribution in [2.45, 2.75) is 51.1 Å². The van der Waals surface area contributed by atoms with Crippen molar-refractivity contribution < 1.29 is 4.79 Å². The van der Waals surface area contributed by atoms with Crippen LogP contribution in [0.15, 0.2) is 12.3 Å². The largest absolute Gasteiger partial charge is 0.348 e. The van der Waals surface area contributed by atoms with Crippen molar-refractivity contribution >= 4 is 18.3 Å². The molecule has 1 aliphatic carbocycles. The zero-order valence-corrected chi connectivity index (χ0v) is 13.4. The number of nitrogens with zero attached hydrogens (tertiary/aromatic N) is 2. The Bertz CT molecular complexity index is 470. The minimum atomic E-state index is -0.0175. The lowest BCUT2D eigenvalue weighted by molar-refractivity contribution is 0.0942. The molecule has 1 aromatic rings. The van der Waals surface area contributed by atoms with Gasteiger partial charge >= 0.3 is 0 Å². The topological polar surface area (TPSA) is 59.0 Å². The van der Waals surface area contributed by atoms with Gasteiger partial charge in [0.15, 0.2) is 0 Å². The average Bonchev–Trinajstić information content (AvgIpc) is 3.02. The second kappa shape index (κ2) is 7.27. The summed E-state index contributed by atoms with van der Waals surface area (Å²) in [6, 6.07) is 2.60. The Morgan fingerprint density at radius 3 is 3.14 bits per heavy atom. The fourth-order valence-electron chi connectivity index (χ4n) is 3.08. The maximum absolute atomic E-state index is 12.1. The minimum absolute atomic E-state index is 0. The maximum Gasteiger partial charge on any atom is 0.272 e. The minimum Gasteiger partial charge on any atom is -0.348 e. The molecule has 1 saturated heterocycles. The summed E-state index contributed by atoms with van der Waals surface area (Å²) in [7, 11) is 0. The Hall–Kier alpha value is -1.07. The second-order valence-electron chi connectivity index (χ2n) is 6.05. The molecule has 2 fully saturated rings. The van der Waals surface area contributed by atoms with Gasteiger partial charge in [-0.15, -0.1) is 12.4 Å². The number of halogens is 1. The van der Waals surface area contributed by atoms with Gasteiger partial charge in [-0.05, 0) is 44.2 Å². The summed E-state index contributed by atoms with van der Waals surface area (Å²) >= 11 is 0. The quantitative estimate of drug-likeness (QED) is 0.876. The molecule has 0 spiro atoms. The summed E-state index contributed by atoms with van der Waals surface area (Å²) in [4.78, 5) is 12.1. The number of carbonyl (C=O) groups excluding carboxylic acids is 1. The molecule has 0 aromatic carbocycles. The smallest absolute Gasteiger partial charge is 0.272 e. The van der Waals surface area contributed by atoms with Crippen molar-refractivity contribution in [1.82, 2.24) is 20.4 Å². The van der Waals surface area contributed by atoms with Crippen molar-refractivity contribution in [3.8, 4) is 0 Å². The van der Waals surface area contributed by atoms with E-state index in [1.165, 1.54) is 19.3 Å². The predicted molar refractivity (Wildman–Crippen MR) is 84.9 cm³/mol. The highest BCUT2D eigenvalue weighted by Crippen LogP contribution is 2.34. The van der Waals surface area contributed by atoms with Crippen LogP contribution in [0.4, 0.5) is 0 Å². The Balaban J connectivity index is 0.00000161. The lowest BCUT2D eigenvalue weighted by atomic mass is 10.1. The molecule has 0 radical (unpaired) electrons. The molecule has 3 atom stereocenters. The Morgan fingerprint density at radius 1 is 1.57 bits per heavy atom. The van der Waals surface area contributed by atoms with Crippen LogP contribution in [-0.2, 0) is 0 Å². The summed E-state index contributed by atoms with van der Waals surface area (Å²) in [6.45, 7) is 4.23. The van der Waals surface area contributed by atoms with E-state index in [0.29, 0.717) is 23.7 Å². The first-order valence-electron chi connectivity index (χ1n) is 7.84. The maximum atomic E-state index is 12.1. The molecular weight excluding hydrogens is 288 g/mol. The fraction of sp³-hybridized carbons (Fsp3) is 0.733. The van der Waals surface area contributed by atoms with Gasteiger partial charge in [0, 0.05) is 18.8 Å². The van der Waals surface area contributed by atoms with Gasteiger partial charge in [-0.1, -0.05) is 13.3 Å². The monoisotopic (exact) mass is 312 g/mol. The molecule has 2 aliphatic rings. The van der Waals surface area contributed by atoms with Gasteiger partial charge in [-0.2, -0.15) is 5.10 Å². The van der Waals surface area contributed by atoms with Crippen molar-refractivity contribution in [2.24, 2.45) is 5.92 Å². The van der Waals surface area contributed by atoms with E-state index < -0.39 is 0 Å². The van der Waals surface area contributed by atoms with Crippen molar-refractivity contribution in [2.75, 3.05) is 13.1 Å². The van der Waals surface area contributed by atoms with E-state index in [1.807, 2.05) is 16.9 Å². The fourth-order valence-corrected chi connectivity index (χ4v) is 3.08. The molecule has 3 unspecified atom stereocenters. The van der Waals surface area contributed by atoms with E-state index in [1.54, 1.807) is 0 Å². The molecule has 118 valence electrons. The number of aromatic nitrogens is 2. The Kier molecular flexibility index (Phi) is 5.65. The van der Waals surface area contributed by atoms with Crippen molar-refractivity contribution in [1.29, 1.82) is 0 Å². The van der Waals surface area contributed by atoms with Gasteiger partial charge in [0.25, 0.3) is 5.91 Å². The van der Waals surface area contributed by atoms with Crippen LogP contribution in [0.25, 0.3) is 0 Å². The molecule has 2 heterocycles. The number of hydrogen-bond acceptors (Lipinski definition) is 3. The summed E-state index contributed by atoms with van der Waals surface area (Å²) in [5, 5.41) is 10.9. The molecule has 1 aliphatic heterocycles. The van der Waals surface area contributed by atoms with Gasteiger partial charge in [-0.25, -0.2) is 0 Å². The van der Waals surface area contributed by atoms with Crippen LogP contribution in [0.5, 0.6) is 0 Å². The highest BCUT2D eigenvalue weighted by molar-refractivity contribution is 5.92. The van der Waals surface area contributed by atoms with Gasteiger partial charge in [0.05, 0.1) is 6.04 Å². The summed E-state index contributed by atoms with van der Waals surface area (Å²) in [6.07, 6.45) is 7.78. The van der Waals surface area contributed by atoms with Crippen LogP contribution in [0, 0.1) is 5.92 Å². The first-order chi connectivity index (χ1) is 9.78. The number of carbonyl (C=O) groups is 1. The molecule has 3 rings (SSSR count). The zero-order chi connectivity index (χ0) is 13.9. The van der Waals surface area contributed by atoms with E-state index in [2.05, 4.69) is 22.7 Å². The van der Waals surface area contributed by atoms with E-state index in [0.717, 1.165) is 25.9 Å². The van der Waals surface area contributed by atoms with Crippen LogP contribution in [0.2, 0.25) is 0 Å². The number of nitrogens with one attached hydrogen (secondary N) is 2. The summed E-state index contributed by atoms with van der Waals surface area (Å²) < 4.78 is 1.94. The Morgan fingerprint density at radius 2 is 2.43 bits per heavy atom. The molecule has 21 heavy (non-hydrogen) atoms. The molecule has 5 nitrogen and oxygen atoms in total. The molecule has 0 bridgehead atoms. The van der Waals surface area contributed by atoms with Crippen molar-refractivity contribution in [3.05, 3.63) is 18.0 Å². The zero-order valence-electron chi connectivity index (χ0n) is 12.5. The highest BCUT2D eigenvalue weighted by atomic mass is 35.5. The van der Waals surface area contributed by atoms with Crippen LogP contribution < -0.4 is 10.6 Å². The predicted octanol–water partition coefficient (Wildman–Crippen LogP) is 2.15. The van der Waals surface area contributed by atoms with Crippen LogP contribution >= 0.6 is 12.4 Å². The third kappa shape index (κ3) is 3.98. The van der Waals surface area contributed by atoms with Crippen molar-refractivity contribution in [3.63, 3.8) is 0 Å². The van der Waals surface area contributed by atoms with Gasteiger partial charge in [0.1, 0.15) is 5.69 Å². The van der Waals surface area contributed by atoms with E-state index >= 15 is 0 Å². The van der Waals surface area contributed by atoms with Crippen LogP contribution in [-0.4, -0.2) is 34.8 Å². The molecule has 6 heteroatoms. The van der Waals surface area contributed by atoms with E-state index in [4.69, 9.17) is 0 Å². The molecule has 2 N–H and O–H groups in total. The van der Waals surface area contributed by atoms with E-state index in [-0.39, 0.29) is 18.3 Å². The number of hydrogen-bond donors (Lipinski definition) is 2. The first-order valence-corrected chi connectivity index (χ1v) is 7.84. The highest BCUT2D eigenvalue weighted by Gasteiger charge is 2.37. The number of piperidine rings is 1. The number of rotatable bonds is 5. The number of amides is 1. The molecule has 1 aromatic heterocycles. The SMILES string of the molecule is CCCC1CC1NC(=O)c1ccn(C2CCCNC2)n1.Cl. The lowest BCUT2D eigenvalue weighted by Crippen LogP contribution is -2.32. The molecular formula is C15H25ClN4O. The second-order valence-corrected chi connectivity index (χ2v) is 6.05. The molecule has 1 saturated carbocycles. The Labute approximate surface area is 132 Å². The summed E-state index contributed by atoms with van der Waals surface area (Å²) in [5.74, 6) is 0.671. The third-order valence-corrected chi connectivity index (χ3v) is 4.38. The average molecular weight is 313 g/mol. The third-order valence-electron chi connectivity index (χ3n) is 4.38. The summed E-state index contributed by atoms with van der Waals surface area (Å²) in [5.41, 5.74) is 0.553. The van der Waals surface area contributed by atoms with Crippen LogP contribution in [0.3, 0.4) is 0 Å². The lowest BCUT2D eigenvalue weighted by Gasteiger charge is -2.22.